The Balaban J connectivity index is 1.76. The van der Waals surface area contributed by atoms with Gasteiger partial charge in [-0.05, 0) is 49.7 Å². The second-order valence-electron chi connectivity index (χ2n) is 6.65. The van der Waals surface area contributed by atoms with Crippen LogP contribution in [0.2, 0.25) is 0 Å². The molecule has 3 nitrogen and oxygen atoms in total. The first-order valence-electron chi connectivity index (χ1n) is 8.17. The highest BCUT2D eigenvalue weighted by atomic mass is 15.1. The van der Waals surface area contributed by atoms with Crippen molar-refractivity contribution < 1.29 is 0 Å². The number of anilines is 1. The van der Waals surface area contributed by atoms with E-state index in [9.17, 15) is 0 Å². The van der Waals surface area contributed by atoms with Gasteiger partial charge in [0.2, 0.25) is 0 Å². The van der Waals surface area contributed by atoms with E-state index >= 15 is 0 Å². The van der Waals surface area contributed by atoms with Crippen molar-refractivity contribution in [2.24, 2.45) is 17.6 Å². The maximum absolute atomic E-state index is 5.86. The standard InChI is InChI=1S/C18H23N3/c19-10-15-9-18(16-3-1-2-4-17(16)20-15)21(11-13-5-6-13)12-14-7-8-14/h1-4,9,13-14H,5-8,10-12,19H2. The quantitative estimate of drug-likeness (QED) is 0.883. The third-order valence-corrected chi connectivity index (χ3v) is 4.65. The molecule has 0 amide bonds. The minimum atomic E-state index is 0.512. The molecule has 1 aromatic carbocycles. The average molecular weight is 281 g/mol. The van der Waals surface area contributed by atoms with Crippen LogP contribution in [-0.2, 0) is 6.54 Å². The lowest BCUT2D eigenvalue weighted by Gasteiger charge is -2.27. The summed E-state index contributed by atoms with van der Waals surface area (Å²) in [6.07, 6.45) is 5.59. The van der Waals surface area contributed by atoms with Crippen molar-refractivity contribution in [1.29, 1.82) is 0 Å². The number of aromatic nitrogens is 1. The number of benzene rings is 1. The van der Waals surface area contributed by atoms with Crippen molar-refractivity contribution in [3.05, 3.63) is 36.0 Å². The summed E-state index contributed by atoms with van der Waals surface area (Å²) in [4.78, 5) is 7.28. The Kier molecular flexibility index (Phi) is 3.30. The molecule has 0 atom stereocenters. The Hall–Kier alpha value is -1.61. The van der Waals surface area contributed by atoms with Crippen molar-refractivity contribution in [3.8, 4) is 0 Å². The minimum Gasteiger partial charge on any atom is -0.370 e. The molecule has 2 aliphatic carbocycles. The van der Waals surface area contributed by atoms with E-state index in [0.29, 0.717) is 6.54 Å². The van der Waals surface area contributed by atoms with Gasteiger partial charge in [-0.15, -0.1) is 0 Å². The SMILES string of the molecule is NCc1cc(N(CC2CC2)CC2CC2)c2ccccc2n1. The molecule has 0 spiro atoms. The van der Waals surface area contributed by atoms with E-state index in [1.54, 1.807) is 0 Å². The first kappa shape index (κ1) is 13.1. The molecule has 0 aliphatic heterocycles. The van der Waals surface area contributed by atoms with Gasteiger partial charge in [0, 0.05) is 30.7 Å². The van der Waals surface area contributed by atoms with Gasteiger partial charge in [-0.3, -0.25) is 4.98 Å². The molecule has 2 N–H and O–H groups in total. The van der Waals surface area contributed by atoms with Crippen molar-refractivity contribution >= 4 is 16.6 Å². The predicted molar refractivity (Wildman–Crippen MR) is 87.3 cm³/mol. The first-order chi connectivity index (χ1) is 10.3. The Labute approximate surface area is 126 Å². The van der Waals surface area contributed by atoms with Gasteiger partial charge >= 0.3 is 0 Å². The monoisotopic (exact) mass is 281 g/mol. The lowest BCUT2D eigenvalue weighted by atomic mass is 10.1. The van der Waals surface area contributed by atoms with Gasteiger partial charge in [0.15, 0.2) is 0 Å². The zero-order valence-corrected chi connectivity index (χ0v) is 12.5. The minimum absolute atomic E-state index is 0.512. The van der Waals surface area contributed by atoms with E-state index in [2.05, 4.69) is 40.2 Å². The predicted octanol–water partition coefficient (Wildman–Crippen LogP) is 3.32. The molecule has 0 bridgehead atoms. The highest BCUT2D eigenvalue weighted by molar-refractivity contribution is 5.92. The molecular weight excluding hydrogens is 258 g/mol. The first-order valence-corrected chi connectivity index (χ1v) is 8.17. The summed E-state index contributed by atoms with van der Waals surface area (Å²) in [6.45, 7) is 2.92. The second-order valence-corrected chi connectivity index (χ2v) is 6.65. The van der Waals surface area contributed by atoms with Gasteiger partial charge in [-0.1, -0.05) is 18.2 Å². The fourth-order valence-electron chi connectivity index (χ4n) is 3.07. The number of nitrogens with zero attached hydrogens (tertiary/aromatic N) is 2. The molecule has 1 aromatic heterocycles. The highest BCUT2D eigenvalue weighted by Gasteiger charge is 2.30. The smallest absolute Gasteiger partial charge is 0.0726 e. The highest BCUT2D eigenvalue weighted by Crippen LogP contribution is 2.37. The molecule has 1 heterocycles. The summed E-state index contributed by atoms with van der Waals surface area (Å²) < 4.78 is 0. The van der Waals surface area contributed by atoms with E-state index in [0.717, 1.165) is 23.0 Å². The zero-order chi connectivity index (χ0) is 14.2. The summed E-state index contributed by atoms with van der Waals surface area (Å²) in [5.74, 6) is 1.80. The molecule has 0 saturated heterocycles. The summed E-state index contributed by atoms with van der Waals surface area (Å²) in [5, 5.41) is 1.27. The molecule has 21 heavy (non-hydrogen) atoms. The van der Waals surface area contributed by atoms with Crippen molar-refractivity contribution in [2.75, 3.05) is 18.0 Å². The van der Waals surface area contributed by atoms with Crippen LogP contribution in [0.4, 0.5) is 5.69 Å². The molecule has 2 aromatic rings. The zero-order valence-electron chi connectivity index (χ0n) is 12.5. The molecule has 2 fully saturated rings. The van der Waals surface area contributed by atoms with Crippen LogP contribution in [-0.4, -0.2) is 18.1 Å². The van der Waals surface area contributed by atoms with E-state index in [4.69, 9.17) is 5.73 Å². The van der Waals surface area contributed by atoms with E-state index in [1.165, 1.54) is 49.8 Å². The number of para-hydroxylation sites is 1. The summed E-state index contributed by atoms with van der Waals surface area (Å²) >= 11 is 0. The Bertz CT molecular complexity index is 630. The summed E-state index contributed by atoms with van der Waals surface area (Å²) in [6, 6.07) is 10.7. The van der Waals surface area contributed by atoms with Gasteiger partial charge in [0.1, 0.15) is 0 Å². The number of rotatable bonds is 6. The lowest BCUT2D eigenvalue weighted by Crippen LogP contribution is -2.28. The molecule has 0 unspecified atom stereocenters. The summed E-state index contributed by atoms with van der Waals surface area (Å²) in [7, 11) is 0. The molecule has 3 heteroatoms. The van der Waals surface area contributed by atoms with Crippen LogP contribution in [0.15, 0.2) is 30.3 Å². The van der Waals surface area contributed by atoms with Crippen LogP contribution in [0.1, 0.15) is 31.4 Å². The number of fused-ring (bicyclic) bond motifs is 1. The van der Waals surface area contributed by atoms with Gasteiger partial charge < -0.3 is 10.6 Å². The average Bonchev–Trinajstić information content (AvgIpc) is 3.41. The molecule has 110 valence electrons. The third kappa shape index (κ3) is 2.88. The maximum atomic E-state index is 5.86. The van der Waals surface area contributed by atoms with Gasteiger partial charge in [-0.25, -0.2) is 0 Å². The van der Waals surface area contributed by atoms with Crippen LogP contribution in [0.25, 0.3) is 10.9 Å². The Morgan fingerprint density at radius 2 is 1.71 bits per heavy atom. The van der Waals surface area contributed by atoms with E-state index in [1.807, 2.05) is 0 Å². The molecular formula is C18H23N3. The van der Waals surface area contributed by atoms with Gasteiger partial charge in [0.05, 0.1) is 11.2 Å². The van der Waals surface area contributed by atoms with Crippen LogP contribution in [0.3, 0.4) is 0 Å². The van der Waals surface area contributed by atoms with Crippen molar-refractivity contribution in [3.63, 3.8) is 0 Å². The fraction of sp³-hybridized carbons (Fsp3) is 0.500. The largest absolute Gasteiger partial charge is 0.370 e. The number of nitrogens with two attached hydrogens (primary N) is 1. The van der Waals surface area contributed by atoms with Crippen molar-refractivity contribution in [2.45, 2.75) is 32.2 Å². The number of hydrogen-bond donors (Lipinski definition) is 1. The van der Waals surface area contributed by atoms with Crippen LogP contribution in [0.5, 0.6) is 0 Å². The normalized spacial score (nSPS) is 18.1. The Morgan fingerprint density at radius 3 is 2.33 bits per heavy atom. The van der Waals surface area contributed by atoms with E-state index in [-0.39, 0.29) is 0 Å². The van der Waals surface area contributed by atoms with Crippen LogP contribution in [0, 0.1) is 11.8 Å². The topological polar surface area (TPSA) is 42.1 Å². The third-order valence-electron chi connectivity index (χ3n) is 4.65. The van der Waals surface area contributed by atoms with E-state index < -0.39 is 0 Å². The molecule has 2 aliphatic rings. The Morgan fingerprint density at radius 1 is 1.05 bits per heavy atom. The number of hydrogen-bond acceptors (Lipinski definition) is 3. The molecule has 4 rings (SSSR count). The molecule has 2 saturated carbocycles. The maximum Gasteiger partial charge on any atom is 0.0726 e. The van der Waals surface area contributed by atoms with Crippen LogP contribution < -0.4 is 10.6 Å². The number of pyridine rings is 1. The van der Waals surface area contributed by atoms with Crippen LogP contribution >= 0.6 is 0 Å². The summed E-state index contributed by atoms with van der Waals surface area (Å²) in [5.41, 5.74) is 9.28. The lowest BCUT2D eigenvalue weighted by molar-refractivity contribution is 0.680. The van der Waals surface area contributed by atoms with Crippen molar-refractivity contribution in [1.82, 2.24) is 4.98 Å². The second kappa shape index (κ2) is 5.30. The van der Waals surface area contributed by atoms with Gasteiger partial charge in [-0.2, -0.15) is 0 Å². The molecule has 0 radical (unpaired) electrons. The van der Waals surface area contributed by atoms with Gasteiger partial charge in [0.25, 0.3) is 0 Å². The fourth-order valence-corrected chi connectivity index (χ4v) is 3.07.